The van der Waals surface area contributed by atoms with Crippen molar-refractivity contribution in [1.29, 1.82) is 0 Å². The predicted molar refractivity (Wildman–Crippen MR) is 77.1 cm³/mol. The molecule has 98 valence electrons. The number of hydrogen-bond donors (Lipinski definition) is 0. The molecule has 0 amide bonds. The van der Waals surface area contributed by atoms with Gasteiger partial charge >= 0.3 is 0 Å². The zero-order valence-corrected chi connectivity index (χ0v) is 14.3. The molecule has 0 aromatic carbocycles. The molecule has 1 aromatic rings. The van der Waals surface area contributed by atoms with E-state index in [1.807, 2.05) is 23.5 Å². The summed E-state index contributed by atoms with van der Waals surface area (Å²) in [6, 6.07) is 6.37. The Balaban J connectivity index is 0.00000256. The molecule has 1 heterocycles. The summed E-state index contributed by atoms with van der Waals surface area (Å²) in [7, 11) is 0. The first kappa shape index (κ1) is 17.5. The van der Waals surface area contributed by atoms with Crippen molar-refractivity contribution in [2.24, 2.45) is 0 Å². The summed E-state index contributed by atoms with van der Waals surface area (Å²) in [6.45, 7) is 8.90. The zero-order valence-electron chi connectivity index (χ0n) is 10.9. The predicted octanol–water partition coefficient (Wildman–Crippen LogP) is 4.36. The number of thioether (sulfide) groups is 2. The van der Waals surface area contributed by atoms with E-state index in [1.54, 1.807) is 0 Å². The molecule has 0 radical (unpaired) electrons. The molecule has 0 saturated heterocycles. The van der Waals surface area contributed by atoms with E-state index in [-0.39, 0.29) is 19.5 Å². The Morgan fingerprint density at radius 1 is 0.941 bits per heavy atom. The summed E-state index contributed by atoms with van der Waals surface area (Å²) in [6.07, 6.45) is 0. The molecule has 0 spiro atoms. The second-order valence-electron chi connectivity index (χ2n) is 4.34. The first-order valence-corrected chi connectivity index (χ1v) is 7.85. The van der Waals surface area contributed by atoms with Crippen molar-refractivity contribution in [3.05, 3.63) is 29.6 Å². The van der Waals surface area contributed by atoms with Gasteiger partial charge in [0.2, 0.25) is 0 Å². The molecule has 0 fully saturated rings. The first-order chi connectivity index (χ1) is 7.58. The average molecular weight is 357 g/mol. The first-order valence-electron chi connectivity index (χ1n) is 5.76. The van der Waals surface area contributed by atoms with Gasteiger partial charge in [-0.3, -0.25) is 4.98 Å². The van der Waals surface area contributed by atoms with E-state index in [2.05, 4.69) is 50.9 Å². The Morgan fingerprint density at radius 2 is 1.35 bits per heavy atom. The van der Waals surface area contributed by atoms with E-state index < -0.39 is 0 Å². The van der Waals surface area contributed by atoms with Gasteiger partial charge in [-0.2, -0.15) is 23.5 Å². The molecule has 0 aliphatic heterocycles. The summed E-state index contributed by atoms with van der Waals surface area (Å²) >= 11 is 3.90. The minimum atomic E-state index is 0. The van der Waals surface area contributed by atoms with Gasteiger partial charge in [-0.05, 0) is 22.6 Å². The largest absolute Gasteiger partial charge is 0.256 e. The van der Waals surface area contributed by atoms with Gasteiger partial charge < -0.3 is 0 Å². The van der Waals surface area contributed by atoms with Gasteiger partial charge in [-0.1, -0.05) is 33.8 Å². The number of nitrogens with zero attached hydrogens (tertiary/aromatic N) is 1. The normalized spacial score (nSPS) is 10.7. The fraction of sp³-hybridized carbons (Fsp3) is 0.615. The van der Waals surface area contributed by atoms with Crippen LogP contribution in [0.5, 0.6) is 0 Å². The van der Waals surface area contributed by atoms with Crippen molar-refractivity contribution in [1.82, 2.24) is 4.98 Å². The molecular formula is C13H21NRuS2. The second kappa shape index (κ2) is 9.41. The fourth-order valence-electron chi connectivity index (χ4n) is 1.19. The maximum absolute atomic E-state index is 4.68. The summed E-state index contributed by atoms with van der Waals surface area (Å²) < 4.78 is 0. The van der Waals surface area contributed by atoms with Crippen molar-refractivity contribution in [2.75, 3.05) is 0 Å². The van der Waals surface area contributed by atoms with Crippen molar-refractivity contribution in [3.63, 3.8) is 0 Å². The summed E-state index contributed by atoms with van der Waals surface area (Å²) in [5, 5.41) is 1.35. The maximum Gasteiger partial charge on any atom is 0.0506 e. The van der Waals surface area contributed by atoms with Crippen LogP contribution in [0.4, 0.5) is 0 Å². The third kappa shape index (κ3) is 8.23. The van der Waals surface area contributed by atoms with E-state index in [0.29, 0.717) is 10.5 Å². The molecule has 0 aliphatic rings. The SMILES string of the molecule is CC(C)SCc1cccc(CSC(C)C)n1.[Ru]. The monoisotopic (exact) mass is 357 g/mol. The number of aromatic nitrogens is 1. The summed E-state index contributed by atoms with van der Waals surface area (Å²) in [4.78, 5) is 4.68. The van der Waals surface area contributed by atoms with Gasteiger partial charge in [0.25, 0.3) is 0 Å². The van der Waals surface area contributed by atoms with Gasteiger partial charge in [0.1, 0.15) is 0 Å². The Labute approximate surface area is 127 Å². The van der Waals surface area contributed by atoms with Gasteiger partial charge in [0.05, 0.1) is 11.4 Å². The topological polar surface area (TPSA) is 12.9 Å². The van der Waals surface area contributed by atoms with Crippen molar-refractivity contribution < 1.29 is 19.5 Å². The van der Waals surface area contributed by atoms with Crippen molar-refractivity contribution >= 4 is 23.5 Å². The standard InChI is InChI=1S/C13H21NS2.Ru/c1-10(2)15-8-12-6-5-7-13(14-12)9-16-11(3)4;/h5-7,10-11H,8-9H2,1-4H3;. The summed E-state index contributed by atoms with van der Waals surface area (Å²) in [5.74, 6) is 2.05. The van der Waals surface area contributed by atoms with E-state index in [4.69, 9.17) is 0 Å². The van der Waals surface area contributed by atoms with Crippen LogP contribution in [0.1, 0.15) is 39.1 Å². The maximum atomic E-state index is 4.68. The van der Waals surface area contributed by atoms with Crippen LogP contribution >= 0.6 is 23.5 Å². The fourth-order valence-corrected chi connectivity index (χ4v) is 2.52. The van der Waals surface area contributed by atoms with Crippen LogP contribution in [-0.2, 0) is 31.0 Å². The van der Waals surface area contributed by atoms with Crippen LogP contribution in [0.2, 0.25) is 0 Å². The van der Waals surface area contributed by atoms with Crippen LogP contribution in [-0.4, -0.2) is 15.5 Å². The Morgan fingerprint density at radius 3 is 1.71 bits per heavy atom. The molecular weight excluding hydrogens is 335 g/mol. The minimum Gasteiger partial charge on any atom is -0.256 e. The zero-order chi connectivity index (χ0) is 12.0. The molecule has 17 heavy (non-hydrogen) atoms. The molecule has 0 bridgehead atoms. The van der Waals surface area contributed by atoms with Gasteiger partial charge in [0.15, 0.2) is 0 Å². The number of hydrogen-bond acceptors (Lipinski definition) is 3. The van der Waals surface area contributed by atoms with Crippen molar-refractivity contribution in [2.45, 2.75) is 49.7 Å². The third-order valence-corrected chi connectivity index (χ3v) is 4.25. The van der Waals surface area contributed by atoms with Crippen LogP contribution in [0.3, 0.4) is 0 Å². The van der Waals surface area contributed by atoms with E-state index >= 15 is 0 Å². The third-order valence-electron chi connectivity index (χ3n) is 1.99. The van der Waals surface area contributed by atoms with Crippen LogP contribution in [0, 0.1) is 0 Å². The van der Waals surface area contributed by atoms with Crippen LogP contribution in [0.25, 0.3) is 0 Å². The Kier molecular flexibility index (Phi) is 9.67. The van der Waals surface area contributed by atoms with Crippen LogP contribution < -0.4 is 0 Å². The smallest absolute Gasteiger partial charge is 0.0506 e. The van der Waals surface area contributed by atoms with Crippen molar-refractivity contribution in [3.8, 4) is 0 Å². The minimum absolute atomic E-state index is 0. The van der Waals surface area contributed by atoms with Gasteiger partial charge in [0, 0.05) is 31.0 Å². The molecule has 0 unspecified atom stereocenters. The molecule has 0 saturated carbocycles. The Bertz CT molecular complexity index is 289. The molecule has 0 atom stereocenters. The quantitative estimate of drug-likeness (QED) is 0.703. The molecule has 0 N–H and O–H groups in total. The van der Waals surface area contributed by atoms with E-state index in [9.17, 15) is 0 Å². The van der Waals surface area contributed by atoms with E-state index in [0.717, 1.165) is 11.5 Å². The van der Waals surface area contributed by atoms with Crippen LogP contribution in [0.15, 0.2) is 18.2 Å². The average Bonchev–Trinajstić information content (AvgIpc) is 2.24. The Hall–Kier alpha value is 0.473. The molecule has 1 rings (SSSR count). The second-order valence-corrected chi connectivity index (χ2v) is 7.47. The number of rotatable bonds is 6. The summed E-state index contributed by atoms with van der Waals surface area (Å²) in [5.41, 5.74) is 2.42. The molecule has 1 aromatic heterocycles. The number of pyridine rings is 1. The molecule has 1 nitrogen and oxygen atoms in total. The van der Waals surface area contributed by atoms with E-state index in [1.165, 1.54) is 11.4 Å². The molecule has 0 aliphatic carbocycles. The molecule has 4 heteroatoms. The van der Waals surface area contributed by atoms with Gasteiger partial charge in [-0.15, -0.1) is 0 Å². The van der Waals surface area contributed by atoms with Gasteiger partial charge in [-0.25, -0.2) is 0 Å².